The highest BCUT2D eigenvalue weighted by atomic mass is 16.2. The highest BCUT2D eigenvalue weighted by Crippen LogP contribution is 2.55. The number of carbonyl (C=O) groups excluding carboxylic acids is 1. The number of amides is 1. The van der Waals surface area contributed by atoms with Gasteiger partial charge in [0.2, 0.25) is 5.91 Å². The Hall–Kier alpha value is -0.790. The molecule has 0 spiro atoms. The minimum Gasteiger partial charge on any atom is -0.342 e. The summed E-state index contributed by atoms with van der Waals surface area (Å²) in [5.41, 5.74) is 1.89. The summed E-state index contributed by atoms with van der Waals surface area (Å²) in [6, 6.07) is 0. The van der Waals surface area contributed by atoms with Crippen LogP contribution in [0.1, 0.15) is 79.6 Å². The minimum atomic E-state index is 0.365. The molecule has 2 unspecified atom stereocenters. The van der Waals surface area contributed by atoms with Gasteiger partial charge in [0.1, 0.15) is 0 Å². The molecule has 1 aliphatic carbocycles. The Kier molecular flexibility index (Phi) is 7.48. The zero-order valence-corrected chi connectivity index (χ0v) is 14.9. The smallest absolute Gasteiger partial charge is 0.222 e. The van der Waals surface area contributed by atoms with Gasteiger partial charge >= 0.3 is 0 Å². The fourth-order valence-electron chi connectivity index (χ4n) is 3.09. The number of hydrogen-bond acceptors (Lipinski definition) is 1. The van der Waals surface area contributed by atoms with Gasteiger partial charge in [-0.15, -0.1) is 0 Å². The molecule has 0 heterocycles. The SMILES string of the molecule is CCCCN(CC1CC1(C)CCC=C(C)C)C(=O)CCC. The lowest BCUT2D eigenvalue weighted by atomic mass is 9.98. The second kappa shape index (κ2) is 8.60. The third-order valence-corrected chi connectivity index (χ3v) is 4.85. The van der Waals surface area contributed by atoms with Gasteiger partial charge in [0.05, 0.1) is 0 Å². The van der Waals surface area contributed by atoms with Gasteiger partial charge in [0.25, 0.3) is 0 Å². The number of rotatable bonds is 10. The lowest BCUT2D eigenvalue weighted by Crippen LogP contribution is -2.34. The Morgan fingerprint density at radius 2 is 2.00 bits per heavy atom. The van der Waals surface area contributed by atoms with E-state index in [9.17, 15) is 4.79 Å². The molecule has 0 aliphatic heterocycles. The average molecular weight is 293 g/mol. The predicted octanol–water partition coefficient (Wildman–Crippen LogP) is 5.19. The first-order valence-electron chi connectivity index (χ1n) is 8.84. The molecule has 0 bridgehead atoms. The quantitative estimate of drug-likeness (QED) is 0.508. The van der Waals surface area contributed by atoms with E-state index in [-0.39, 0.29) is 0 Å². The van der Waals surface area contributed by atoms with Crippen LogP contribution in [0.15, 0.2) is 11.6 Å². The van der Waals surface area contributed by atoms with Crippen LogP contribution in [0.3, 0.4) is 0 Å². The summed E-state index contributed by atoms with van der Waals surface area (Å²) < 4.78 is 0. The average Bonchev–Trinajstić information content (AvgIpc) is 3.04. The standard InChI is InChI=1S/C19H35NO/c1-6-8-13-20(18(21)10-7-2)15-17-14-19(17,5)12-9-11-16(3)4/h11,17H,6-10,12-15H2,1-5H3. The molecule has 21 heavy (non-hydrogen) atoms. The molecule has 2 atom stereocenters. The largest absolute Gasteiger partial charge is 0.342 e. The Balaban J connectivity index is 2.45. The lowest BCUT2D eigenvalue weighted by molar-refractivity contribution is -0.131. The number of nitrogens with zero attached hydrogens (tertiary/aromatic N) is 1. The maximum Gasteiger partial charge on any atom is 0.222 e. The summed E-state index contributed by atoms with van der Waals surface area (Å²) in [5, 5.41) is 0. The van der Waals surface area contributed by atoms with E-state index in [2.05, 4.69) is 45.6 Å². The monoisotopic (exact) mass is 293 g/mol. The molecular formula is C19H35NO. The number of hydrogen-bond donors (Lipinski definition) is 0. The molecule has 0 aromatic carbocycles. The summed E-state index contributed by atoms with van der Waals surface area (Å²) in [7, 11) is 0. The molecule has 2 nitrogen and oxygen atoms in total. The number of unbranched alkanes of at least 4 members (excludes halogenated alkanes) is 1. The van der Waals surface area contributed by atoms with E-state index < -0.39 is 0 Å². The van der Waals surface area contributed by atoms with Crippen LogP contribution in [0, 0.1) is 11.3 Å². The second-order valence-electron chi connectivity index (χ2n) is 7.32. The van der Waals surface area contributed by atoms with E-state index in [0.29, 0.717) is 17.7 Å². The third kappa shape index (κ3) is 6.23. The molecule has 1 aliphatic rings. The normalized spacial score (nSPS) is 23.8. The first-order chi connectivity index (χ1) is 9.92. The van der Waals surface area contributed by atoms with Crippen molar-refractivity contribution < 1.29 is 4.79 Å². The maximum atomic E-state index is 12.2. The lowest BCUT2D eigenvalue weighted by Gasteiger charge is -2.24. The van der Waals surface area contributed by atoms with Crippen LogP contribution in [0.2, 0.25) is 0 Å². The van der Waals surface area contributed by atoms with Crippen molar-refractivity contribution in [3.63, 3.8) is 0 Å². The number of carbonyl (C=O) groups is 1. The highest BCUT2D eigenvalue weighted by molar-refractivity contribution is 5.76. The van der Waals surface area contributed by atoms with Gasteiger partial charge in [-0.25, -0.2) is 0 Å². The van der Waals surface area contributed by atoms with Crippen LogP contribution in [-0.2, 0) is 4.79 Å². The van der Waals surface area contributed by atoms with Crippen molar-refractivity contribution in [3.8, 4) is 0 Å². The Labute approximate surface area is 132 Å². The fourth-order valence-corrected chi connectivity index (χ4v) is 3.09. The van der Waals surface area contributed by atoms with Crippen LogP contribution in [0.4, 0.5) is 0 Å². The van der Waals surface area contributed by atoms with E-state index in [4.69, 9.17) is 0 Å². The topological polar surface area (TPSA) is 20.3 Å². The van der Waals surface area contributed by atoms with Crippen LogP contribution < -0.4 is 0 Å². The number of allylic oxidation sites excluding steroid dienone is 2. The van der Waals surface area contributed by atoms with Gasteiger partial charge in [-0.3, -0.25) is 4.79 Å². The summed E-state index contributed by atoms with van der Waals surface area (Å²) in [6.07, 6.45) is 10.1. The van der Waals surface area contributed by atoms with Gasteiger partial charge in [-0.05, 0) is 57.3 Å². The van der Waals surface area contributed by atoms with E-state index in [1.54, 1.807) is 0 Å². The zero-order valence-electron chi connectivity index (χ0n) is 14.9. The molecule has 122 valence electrons. The van der Waals surface area contributed by atoms with Crippen molar-refractivity contribution in [2.24, 2.45) is 11.3 Å². The van der Waals surface area contributed by atoms with Crippen LogP contribution in [0.5, 0.6) is 0 Å². The predicted molar refractivity (Wildman–Crippen MR) is 91.3 cm³/mol. The Morgan fingerprint density at radius 1 is 1.29 bits per heavy atom. The molecule has 2 heteroatoms. The van der Waals surface area contributed by atoms with Gasteiger partial charge < -0.3 is 4.90 Å². The van der Waals surface area contributed by atoms with Crippen molar-refractivity contribution in [1.82, 2.24) is 4.90 Å². The third-order valence-electron chi connectivity index (χ3n) is 4.85. The highest BCUT2D eigenvalue weighted by Gasteiger charge is 2.49. The summed E-state index contributed by atoms with van der Waals surface area (Å²) >= 11 is 0. The van der Waals surface area contributed by atoms with Crippen LogP contribution >= 0.6 is 0 Å². The molecule has 1 saturated carbocycles. The van der Waals surface area contributed by atoms with Crippen molar-refractivity contribution in [1.29, 1.82) is 0 Å². The van der Waals surface area contributed by atoms with Gasteiger partial charge in [0, 0.05) is 19.5 Å². The molecule has 0 radical (unpaired) electrons. The second-order valence-corrected chi connectivity index (χ2v) is 7.32. The van der Waals surface area contributed by atoms with E-state index in [1.807, 2.05) is 0 Å². The molecule has 1 rings (SSSR count). The molecule has 1 amide bonds. The summed E-state index contributed by atoms with van der Waals surface area (Å²) in [5.74, 6) is 1.09. The molecular weight excluding hydrogens is 258 g/mol. The van der Waals surface area contributed by atoms with Crippen molar-refractivity contribution >= 4 is 5.91 Å². The molecule has 0 saturated heterocycles. The van der Waals surface area contributed by atoms with Gasteiger partial charge in [0.15, 0.2) is 0 Å². The van der Waals surface area contributed by atoms with E-state index >= 15 is 0 Å². The van der Waals surface area contributed by atoms with Crippen molar-refractivity contribution in [2.45, 2.75) is 79.6 Å². The fraction of sp³-hybridized carbons (Fsp3) is 0.842. The van der Waals surface area contributed by atoms with E-state index in [0.717, 1.165) is 31.8 Å². The maximum absolute atomic E-state index is 12.2. The van der Waals surface area contributed by atoms with Crippen LogP contribution in [-0.4, -0.2) is 23.9 Å². The summed E-state index contributed by atoms with van der Waals surface area (Å²) in [6.45, 7) is 13.0. The van der Waals surface area contributed by atoms with Crippen LogP contribution in [0.25, 0.3) is 0 Å². The Bertz CT molecular complexity index is 357. The van der Waals surface area contributed by atoms with Gasteiger partial charge in [-0.2, -0.15) is 0 Å². The molecule has 0 N–H and O–H groups in total. The first kappa shape index (κ1) is 18.3. The molecule has 0 aromatic rings. The Morgan fingerprint density at radius 3 is 2.57 bits per heavy atom. The molecule has 0 aromatic heterocycles. The zero-order chi connectivity index (χ0) is 15.9. The van der Waals surface area contributed by atoms with Crippen molar-refractivity contribution in [3.05, 3.63) is 11.6 Å². The molecule has 1 fully saturated rings. The minimum absolute atomic E-state index is 0.365. The van der Waals surface area contributed by atoms with E-state index in [1.165, 1.54) is 31.3 Å². The van der Waals surface area contributed by atoms with Crippen molar-refractivity contribution in [2.75, 3.05) is 13.1 Å². The summed E-state index contributed by atoms with van der Waals surface area (Å²) in [4.78, 5) is 14.4. The van der Waals surface area contributed by atoms with Gasteiger partial charge in [-0.1, -0.05) is 38.8 Å². The first-order valence-corrected chi connectivity index (χ1v) is 8.84.